The van der Waals surface area contributed by atoms with Crippen LogP contribution in [0.15, 0.2) is 24.8 Å². The van der Waals surface area contributed by atoms with Crippen LogP contribution in [0.2, 0.25) is 0 Å². The maximum absolute atomic E-state index is 9.02. The zero-order valence-electron chi connectivity index (χ0n) is 7.30. The summed E-state index contributed by atoms with van der Waals surface area (Å²) in [6.45, 7) is 5.77. The third kappa shape index (κ3) is 1.56. The van der Waals surface area contributed by atoms with Gasteiger partial charge < -0.3 is 5.11 Å². The first-order valence-electron chi connectivity index (χ1n) is 4.08. The molecule has 1 heteroatoms. The fourth-order valence-corrected chi connectivity index (χ4v) is 1.37. The second-order valence-corrected chi connectivity index (χ2v) is 2.63. The van der Waals surface area contributed by atoms with E-state index in [1.165, 1.54) is 0 Å². The predicted octanol–water partition coefficient (Wildman–Crippen LogP) is 2.08. The number of aliphatic hydroxyl groups is 1. The van der Waals surface area contributed by atoms with Crippen LogP contribution in [-0.2, 0) is 13.0 Å². The Balaban J connectivity index is 3.21. The van der Waals surface area contributed by atoms with Crippen LogP contribution in [-0.4, -0.2) is 5.11 Å². The van der Waals surface area contributed by atoms with Gasteiger partial charge in [-0.15, -0.1) is 0 Å². The van der Waals surface area contributed by atoms with Crippen LogP contribution in [0.4, 0.5) is 0 Å². The maximum Gasteiger partial charge on any atom is 0.0684 e. The van der Waals surface area contributed by atoms with E-state index >= 15 is 0 Å². The highest BCUT2D eigenvalue weighted by molar-refractivity contribution is 5.38. The Morgan fingerprint density at radius 3 is 2.75 bits per heavy atom. The first-order valence-corrected chi connectivity index (χ1v) is 4.08. The lowest BCUT2D eigenvalue weighted by Gasteiger charge is -2.07. The van der Waals surface area contributed by atoms with Crippen molar-refractivity contribution < 1.29 is 5.11 Å². The molecule has 0 unspecified atom stereocenters. The summed E-state index contributed by atoms with van der Waals surface area (Å²) >= 11 is 0. The average Bonchev–Trinajstić information content (AvgIpc) is 2.16. The molecule has 0 amide bonds. The van der Waals surface area contributed by atoms with Gasteiger partial charge in [-0.05, 0) is 29.2 Å². The molecule has 1 aromatic rings. The molecule has 1 rings (SSSR count). The highest BCUT2D eigenvalue weighted by Crippen LogP contribution is 2.15. The van der Waals surface area contributed by atoms with Gasteiger partial charge in [0.1, 0.15) is 0 Å². The smallest absolute Gasteiger partial charge is 0.0684 e. The van der Waals surface area contributed by atoms with Crippen LogP contribution in [0.25, 0.3) is 0 Å². The molecule has 1 N–H and O–H groups in total. The quantitative estimate of drug-likeness (QED) is 0.719. The molecule has 0 aliphatic rings. The molecular weight excluding hydrogens is 148 g/mol. The molecule has 0 saturated carbocycles. The lowest BCUT2D eigenvalue weighted by atomic mass is 9.99. The number of hydrogen-bond donors (Lipinski definition) is 1. The minimum Gasteiger partial charge on any atom is -0.392 e. The third-order valence-corrected chi connectivity index (χ3v) is 1.99. The van der Waals surface area contributed by atoms with Crippen LogP contribution in [0.3, 0.4) is 0 Å². The highest BCUT2D eigenvalue weighted by Gasteiger charge is 2.02. The normalized spacial score (nSPS) is 9.83. The summed E-state index contributed by atoms with van der Waals surface area (Å²) in [4.78, 5) is 0. The molecule has 0 atom stereocenters. The summed E-state index contributed by atoms with van der Waals surface area (Å²) in [5, 5.41) is 9.02. The topological polar surface area (TPSA) is 20.2 Å². The van der Waals surface area contributed by atoms with E-state index in [1.54, 1.807) is 0 Å². The van der Waals surface area contributed by atoms with Gasteiger partial charge in [0, 0.05) is 0 Å². The van der Waals surface area contributed by atoms with E-state index < -0.39 is 0 Å². The standard InChI is InChI=1S/C11H13O/c1-3-9-6-5-7-10(8-12)11(9)4-2/h5-7,12H,1,4,8H2,2H3. The van der Waals surface area contributed by atoms with Crippen molar-refractivity contribution >= 4 is 0 Å². The number of aliphatic hydroxyl groups excluding tert-OH is 1. The Hall–Kier alpha value is -1.08. The molecule has 63 valence electrons. The minimum absolute atomic E-state index is 0.0959. The molecule has 0 aromatic heterocycles. The molecule has 0 aliphatic carbocycles. The van der Waals surface area contributed by atoms with E-state index in [0.29, 0.717) is 0 Å². The van der Waals surface area contributed by atoms with Crippen molar-refractivity contribution in [2.75, 3.05) is 0 Å². The van der Waals surface area contributed by atoms with Gasteiger partial charge in [-0.1, -0.05) is 31.7 Å². The van der Waals surface area contributed by atoms with Crippen LogP contribution >= 0.6 is 0 Å². The molecule has 0 spiro atoms. The Labute approximate surface area is 73.4 Å². The average molecular weight is 161 g/mol. The van der Waals surface area contributed by atoms with Crippen LogP contribution < -0.4 is 0 Å². The number of hydrogen-bond acceptors (Lipinski definition) is 1. The molecule has 0 fully saturated rings. The Morgan fingerprint density at radius 1 is 1.50 bits per heavy atom. The van der Waals surface area contributed by atoms with Crippen molar-refractivity contribution in [3.05, 3.63) is 47.5 Å². The summed E-state index contributed by atoms with van der Waals surface area (Å²) < 4.78 is 0. The van der Waals surface area contributed by atoms with Crippen molar-refractivity contribution in [1.82, 2.24) is 0 Å². The summed E-state index contributed by atoms with van der Waals surface area (Å²) in [6, 6.07) is 5.81. The summed E-state index contributed by atoms with van der Waals surface area (Å²) in [6.07, 6.45) is 3.77. The van der Waals surface area contributed by atoms with E-state index in [1.807, 2.05) is 18.2 Å². The fraction of sp³-hybridized carbons (Fsp3) is 0.273. The van der Waals surface area contributed by atoms with Crippen molar-refractivity contribution in [2.24, 2.45) is 0 Å². The van der Waals surface area contributed by atoms with Gasteiger partial charge in [-0.3, -0.25) is 0 Å². The molecule has 0 saturated heterocycles. The first kappa shape index (κ1) is 9.01. The van der Waals surface area contributed by atoms with Crippen LogP contribution in [0.1, 0.15) is 23.6 Å². The van der Waals surface area contributed by atoms with Gasteiger partial charge in [-0.2, -0.15) is 0 Å². The zero-order valence-corrected chi connectivity index (χ0v) is 7.30. The lowest BCUT2D eigenvalue weighted by Crippen LogP contribution is -1.95. The largest absolute Gasteiger partial charge is 0.392 e. The van der Waals surface area contributed by atoms with E-state index in [9.17, 15) is 0 Å². The van der Waals surface area contributed by atoms with Gasteiger partial charge in [0.05, 0.1) is 6.61 Å². The van der Waals surface area contributed by atoms with E-state index in [2.05, 4.69) is 19.6 Å². The highest BCUT2D eigenvalue weighted by atomic mass is 16.3. The zero-order chi connectivity index (χ0) is 8.97. The molecule has 0 bridgehead atoms. The van der Waals surface area contributed by atoms with Gasteiger partial charge >= 0.3 is 0 Å². The van der Waals surface area contributed by atoms with Gasteiger partial charge in [-0.25, -0.2) is 0 Å². The molecule has 0 aliphatic heterocycles. The SMILES string of the molecule is C=[C]c1cccc(CO)c1CC. The summed E-state index contributed by atoms with van der Waals surface area (Å²) in [5.41, 5.74) is 3.13. The van der Waals surface area contributed by atoms with Crippen molar-refractivity contribution in [3.63, 3.8) is 0 Å². The van der Waals surface area contributed by atoms with E-state index in [4.69, 9.17) is 5.11 Å². The van der Waals surface area contributed by atoms with Crippen LogP contribution in [0, 0.1) is 6.08 Å². The Bertz CT molecular complexity index is 276. The molecule has 1 radical (unpaired) electrons. The summed E-state index contributed by atoms with van der Waals surface area (Å²) in [7, 11) is 0. The fourth-order valence-electron chi connectivity index (χ4n) is 1.37. The van der Waals surface area contributed by atoms with E-state index in [-0.39, 0.29) is 6.61 Å². The molecule has 1 nitrogen and oxygen atoms in total. The number of benzene rings is 1. The van der Waals surface area contributed by atoms with Crippen LogP contribution in [0.5, 0.6) is 0 Å². The lowest BCUT2D eigenvalue weighted by molar-refractivity contribution is 0.280. The Morgan fingerprint density at radius 2 is 2.25 bits per heavy atom. The summed E-state index contributed by atoms with van der Waals surface area (Å²) in [5.74, 6) is 0. The first-order chi connectivity index (χ1) is 5.83. The second kappa shape index (κ2) is 4.07. The molecule has 0 heterocycles. The van der Waals surface area contributed by atoms with Crippen molar-refractivity contribution in [1.29, 1.82) is 0 Å². The van der Waals surface area contributed by atoms with Crippen molar-refractivity contribution in [3.8, 4) is 0 Å². The second-order valence-electron chi connectivity index (χ2n) is 2.63. The minimum atomic E-state index is 0.0959. The predicted molar refractivity (Wildman–Crippen MR) is 49.7 cm³/mol. The monoisotopic (exact) mass is 161 g/mol. The molecule has 12 heavy (non-hydrogen) atoms. The Kier molecular flexibility index (Phi) is 3.06. The molecule has 1 aromatic carbocycles. The van der Waals surface area contributed by atoms with Gasteiger partial charge in [0.2, 0.25) is 0 Å². The van der Waals surface area contributed by atoms with Gasteiger partial charge in [0.25, 0.3) is 0 Å². The van der Waals surface area contributed by atoms with Crippen molar-refractivity contribution in [2.45, 2.75) is 20.0 Å². The van der Waals surface area contributed by atoms with Gasteiger partial charge in [0.15, 0.2) is 0 Å². The third-order valence-electron chi connectivity index (χ3n) is 1.99. The maximum atomic E-state index is 9.02. The number of rotatable bonds is 3. The molecular formula is C11H13O. The van der Waals surface area contributed by atoms with E-state index in [0.717, 1.165) is 23.1 Å².